The molecule has 0 fully saturated rings. The topological polar surface area (TPSA) is 151 Å². The summed E-state index contributed by atoms with van der Waals surface area (Å²) in [7, 11) is 0. The minimum atomic E-state index is 0.529. The third kappa shape index (κ3) is 8.54. The summed E-state index contributed by atoms with van der Waals surface area (Å²) < 4.78 is 12.7. The normalized spacial score (nSPS) is 11.4. The number of furan rings is 2. The summed E-state index contributed by atoms with van der Waals surface area (Å²) in [6.45, 7) is 0. The van der Waals surface area contributed by atoms with Crippen LogP contribution in [0.25, 0.3) is 156 Å². The number of hydrogen-bond acceptors (Lipinski definition) is 10. The van der Waals surface area contributed by atoms with Crippen LogP contribution in [0.15, 0.2) is 251 Å². The molecule has 0 N–H and O–H groups in total. The Labute approximate surface area is 469 Å². The van der Waals surface area contributed by atoms with Crippen molar-refractivity contribution >= 4 is 54.6 Å². The van der Waals surface area contributed by atoms with E-state index in [0.717, 1.165) is 121 Å². The lowest BCUT2D eigenvalue weighted by Crippen LogP contribution is -2.00. The first-order valence-electron chi connectivity index (χ1n) is 26.7. The second kappa shape index (κ2) is 19.6. The van der Waals surface area contributed by atoms with Crippen molar-refractivity contribution in [3.63, 3.8) is 0 Å². The molecule has 0 aliphatic carbocycles. The predicted octanol–water partition coefficient (Wildman–Crippen LogP) is 17.8. The first-order valence-corrected chi connectivity index (χ1v) is 26.7. The molecule has 0 atom stereocenters. The van der Waals surface area contributed by atoms with E-state index in [0.29, 0.717) is 46.1 Å². The van der Waals surface area contributed by atoms with Crippen LogP contribution in [0.4, 0.5) is 0 Å². The lowest BCUT2D eigenvalue weighted by Gasteiger charge is -2.11. The van der Waals surface area contributed by atoms with Gasteiger partial charge in [-0.3, -0.25) is 0 Å². The highest BCUT2D eigenvalue weighted by atomic mass is 16.3. The van der Waals surface area contributed by atoms with E-state index in [9.17, 15) is 10.5 Å². The van der Waals surface area contributed by atoms with Crippen molar-refractivity contribution in [1.82, 2.24) is 29.9 Å². The molecule has 0 spiro atoms. The Bertz CT molecular complexity index is 5130. The first kappa shape index (κ1) is 47.5. The Balaban J connectivity index is 0.776. The minimum absolute atomic E-state index is 0.529. The van der Waals surface area contributed by atoms with Crippen molar-refractivity contribution in [2.75, 3.05) is 0 Å². The highest BCUT2D eigenvalue weighted by Crippen LogP contribution is 2.40. The fourth-order valence-electron chi connectivity index (χ4n) is 10.9. The molecule has 82 heavy (non-hydrogen) atoms. The number of aromatic nitrogens is 6. The van der Waals surface area contributed by atoms with Gasteiger partial charge in [-0.05, 0) is 124 Å². The molecular weight excluding hydrogens is 1010 g/mol. The number of nitriles is 2. The van der Waals surface area contributed by atoms with Gasteiger partial charge in [0.25, 0.3) is 0 Å². The van der Waals surface area contributed by atoms with Gasteiger partial charge in [-0.2, -0.15) is 10.5 Å². The standard InChI is InChI=1S/C72H40N8O2/c73-41-43-11-9-16-48(35-43)50-26-31-63-59(37-50)61-39-53(28-33-65(61)81-63)71-77-67(45-12-3-1-4-13-45)75-69(79-71)47-23-21-44(22-24-47)49-17-10-18-52(36-49)70-76-68(46-14-5-2-6-15-46)78-72(80-70)54-29-34-66-62(40-54)60-38-51(27-32-64(60)82-66)57-30-25-55(42-74)56-19-7-8-20-58(56)57/h1-40H. The smallest absolute Gasteiger partial charge is 0.164 e. The second-order valence-electron chi connectivity index (χ2n) is 20.1. The zero-order valence-corrected chi connectivity index (χ0v) is 43.5. The monoisotopic (exact) mass is 1050 g/mol. The maximum absolute atomic E-state index is 9.85. The van der Waals surface area contributed by atoms with E-state index in [1.807, 2.05) is 182 Å². The third-order valence-corrected chi connectivity index (χ3v) is 15.1. The fourth-order valence-corrected chi connectivity index (χ4v) is 10.9. The van der Waals surface area contributed by atoms with Gasteiger partial charge in [0.2, 0.25) is 0 Å². The summed E-state index contributed by atoms with van der Waals surface area (Å²) in [5.74, 6) is 3.24. The summed E-state index contributed by atoms with van der Waals surface area (Å²) in [6.07, 6.45) is 0. The molecular formula is C72H40N8O2. The van der Waals surface area contributed by atoms with Crippen LogP contribution in [0.3, 0.4) is 0 Å². The zero-order valence-electron chi connectivity index (χ0n) is 43.5. The molecule has 4 heterocycles. The SMILES string of the molecule is N#Cc1cccc(-c2ccc3oc4ccc(-c5nc(-c6ccccc6)nc(-c6ccc(-c7cccc(-c8nc(-c9ccccc9)nc(-c9ccc%10oc%11ccc(-c%12ccc(C#N)c%13ccccc%12%13)cc%11c%10c9)n8)c7)cc6)n5)cc4c3c2)c1. The van der Waals surface area contributed by atoms with E-state index in [1.54, 1.807) is 0 Å². The summed E-state index contributed by atoms with van der Waals surface area (Å²) in [4.78, 5) is 30.6. The van der Waals surface area contributed by atoms with Crippen LogP contribution < -0.4 is 0 Å². The number of benzene rings is 11. The summed E-state index contributed by atoms with van der Waals surface area (Å²) in [5.41, 5.74) is 15.3. The molecule has 0 aliphatic heterocycles. The predicted molar refractivity (Wildman–Crippen MR) is 324 cm³/mol. The van der Waals surface area contributed by atoms with Crippen molar-refractivity contribution in [1.29, 1.82) is 10.5 Å². The van der Waals surface area contributed by atoms with Gasteiger partial charge in [0.15, 0.2) is 34.9 Å². The molecule has 10 nitrogen and oxygen atoms in total. The molecule has 0 amide bonds. The van der Waals surface area contributed by atoms with Crippen LogP contribution in [-0.4, -0.2) is 29.9 Å². The minimum Gasteiger partial charge on any atom is -0.456 e. The Morgan fingerprint density at radius 3 is 1.15 bits per heavy atom. The van der Waals surface area contributed by atoms with Gasteiger partial charge in [0.05, 0.1) is 23.3 Å². The van der Waals surface area contributed by atoms with Crippen LogP contribution in [0.5, 0.6) is 0 Å². The van der Waals surface area contributed by atoms with Gasteiger partial charge in [-0.25, -0.2) is 29.9 Å². The number of fused-ring (bicyclic) bond motifs is 7. The Hall–Kier alpha value is -11.7. The lowest BCUT2D eigenvalue weighted by atomic mass is 9.94. The van der Waals surface area contributed by atoms with Crippen LogP contribution in [0.1, 0.15) is 11.1 Å². The Morgan fingerprint density at radius 2 is 0.610 bits per heavy atom. The molecule has 0 saturated heterocycles. The molecule has 11 aromatic carbocycles. The van der Waals surface area contributed by atoms with Crippen molar-refractivity contribution in [3.05, 3.63) is 254 Å². The molecule has 15 aromatic rings. The molecule has 0 radical (unpaired) electrons. The number of rotatable bonds is 9. The van der Waals surface area contributed by atoms with Gasteiger partial charge in [0.1, 0.15) is 22.3 Å². The summed E-state index contributed by atoms with van der Waals surface area (Å²) in [6, 6.07) is 85.0. The quantitative estimate of drug-likeness (QED) is 0.137. The molecule has 0 aliphatic rings. The number of hydrogen-bond donors (Lipinski definition) is 0. The fraction of sp³-hybridized carbons (Fsp3) is 0. The summed E-state index contributed by atoms with van der Waals surface area (Å²) >= 11 is 0. The maximum Gasteiger partial charge on any atom is 0.164 e. The van der Waals surface area contributed by atoms with Crippen LogP contribution >= 0.6 is 0 Å². The second-order valence-corrected chi connectivity index (χ2v) is 20.1. The van der Waals surface area contributed by atoms with Gasteiger partial charge in [0, 0.05) is 60.3 Å². The van der Waals surface area contributed by atoms with Crippen molar-refractivity contribution in [3.8, 4) is 114 Å². The lowest BCUT2D eigenvalue weighted by molar-refractivity contribution is 0.668. The van der Waals surface area contributed by atoms with Crippen LogP contribution in [-0.2, 0) is 0 Å². The van der Waals surface area contributed by atoms with E-state index >= 15 is 0 Å². The molecule has 380 valence electrons. The van der Waals surface area contributed by atoms with Gasteiger partial charge in [-0.1, -0.05) is 158 Å². The van der Waals surface area contributed by atoms with Gasteiger partial charge >= 0.3 is 0 Å². The van der Waals surface area contributed by atoms with E-state index in [1.165, 1.54) is 0 Å². The Kier molecular flexibility index (Phi) is 11.4. The molecule has 10 heteroatoms. The maximum atomic E-state index is 9.85. The third-order valence-electron chi connectivity index (χ3n) is 15.1. The van der Waals surface area contributed by atoms with Crippen LogP contribution in [0.2, 0.25) is 0 Å². The van der Waals surface area contributed by atoms with E-state index < -0.39 is 0 Å². The number of nitrogens with zero attached hydrogens (tertiary/aromatic N) is 8. The van der Waals surface area contributed by atoms with Gasteiger partial charge < -0.3 is 8.83 Å². The highest BCUT2D eigenvalue weighted by molar-refractivity contribution is 6.10. The highest BCUT2D eigenvalue weighted by Gasteiger charge is 2.19. The average Bonchev–Trinajstić information content (AvgIpc) is 4.32. The Morgan fingerprint density at radius 1 is 0.244 bits per heavy atom. The van der Waals surface area contributed by atoms with E-state index in [4.69, 9.17) is 38.7 Å². The molecule has 4 aromatic heterocycles. The molecule has 15 rings (SSSR count). The van der Waals surface area contributed by atoms with Gasteiger partial charge in [-0.15, -0.1) is 0 Å². The molecule has 0 unspecified atom stereocenters. The zero-order chi connectivity index (χ0) is 54.7. The van der Waals surface area contributed by atoms with E-state index in [2.05, 4.69) is 72.8 Å². The largest absolute Gasteiger partial charge is 0.456 e. The molecule has 0 bridgehead atoms. The van der Waals surface area contributed by atoms with Crippen molar-refractivity contribution in [2.45, 2.75) is 0 Å². The van der Waals surface area contributed by atoms with E-state index in [-0.39, 0.29) is 0 Å². The van der Waals surface area contributed by atoms with Crippen LogP contribution in [0, 0.1) is 22.7 Å². The molecule has 0 saturated carbocycles. The average molecular weight is 1050 g/mol. The summed E-state index contributed by atoms with van der Waals surface area (Å²) in [5, 5.41) is 25.1. The first-order chi connectivity index (χ1) is 40.5. The van der Waals surface area contributed by atoms with Crippen molar-refractivity contribution < 1.29 is 8.83 Å². The van der Waals surface area contributed by atoms with Crippen molar-refractivity contribution in [2.24, 2.45) is 0 Å².